The van der Waals surface area contributed by atoms with Crippen LogP contribution < -0.4 is 10.1 Å². The van der Waals surface area contributed by atoms with E-state index in [1.807, 2.05) is 25.1 Å². The van der Waals surface area contributed by atoms with Gasteiger partial charge in [0.15, 0.2) is 0 Å². The maximum Gasteiger partial charge on any atom is 0.124 e. The second kappa shape index (κ2) is 9.96. The molecule has 1 N–H and O–H groups in total. The average Bonchev–Trinajstić information content (AvgIpc) is 2.51. The molecule has 0 fully saturated rings. The van der Waals surface area contributed by atoms with E-state index in [-0.39, 0.29) is 11.3 Å². The number of benzene rings is 1. The second-order valence-corrected chi connectivity index (χ2v) is 7.14. The molecule has 0 radical (unpaired) electrons. The molecule has 0 saturated carbocycles. The lowest BCUT2D eigenvalue weighted by atomic mass is 10.1. The number of rotatable bonds is 10. The van der Waals surface area contributed by atoms with Gasteiger partial charge < -0.3 is 10.1 Å². The predicted octanol–water partition coefficient (Wildman–Crippen LogP) is 3.67. The average molecular weight is 311 g/mol. The van der Waals surface area contributed by atoms with E-state index >= 15 is 0 Å². The van der Waals surface area contributed by atoms with Crippen LogP contribution in [0.15, 0.2) is 24.3 Å². The van der Waals surface area contributed by atoms with Gasteiger partial charge in [-0.3, -0.25) is 4.21 Å². The highest BCUT2D eigenvalue weighted by molar-refractivity contribution is 7.85. The summed E-state index contributed by atoms with van der Waals surface area (Å²) in [5.41, 5.74) is 1.12. The lowest BCUT2D eigenvalue weighted by Crippen LogP contribution is -2.29. The van der Waals surface area contributed by atoms with E-state index in [0.29, 0.717) is 12.4 Å². The van der Waals surface area contributed by atoms with Crippen molar-refractivity contribution >= 4 is 10.8 Å². The first-order valence-electron chi connectivity index (χ1n) is 7.96. The summed E-state index contributed by atoms with van der Waals surface area (Å²) in [5, 5.41) is 3.75. The summed E-state index contributed by atoms with van der Waals surface area (Å²) in [5.74, 6) is 1.54. The first-order valence-corrected chi connectivity index (χ1v) is 9.34. The Morgan fingerprint density at radius 2 is 1.95 bits per heavy atom. The summed E-state index contributed by atoms with van der Waals surface area (Å²) in [4.78, 5) is 0. The number of nitrogens with one attached hydrogen (secondary N) is 1. The van der Waals surface area contributed by atoms with E-state index in [9.17, 15) is 4.21 Å². The van der Waals surface area contributed by atoms with Crippen molar-refractivity contribution in [2.75, 3.05) is 18.9 Å². The second-order valence-electron chi connectivity index (χ2n) is 5.24. The van der Waals surface area contributed by atoms with Crippen molar-refractivity contribution in [1.82, 2.24) is 5.32 Å². The Morgan fingerprint density at radius 3 is 2.57 bits per heavy atom. The predicted molar refractivity (Wildman–Crippen MR) is 91.4 cm³/mol. The van der Waals surface area contributed by atoms with Crippen LogP contribution in [-0.2, 0) is 10.8 Å². The maximum absolute atomic E-state index is 12.4. The molecular formula is C17H29NO2S. The highest BCUT2D eigenvalue weighted by Crippen LogP contribution is 2.26. The van der Waals surface area contributed by atoms with Crippen LogP contribution in [0.25, 0.3) is 0 Å². The molecule has 0 heterocycles. The van der Waals surface area contributed by atoms with Crippen LogP contribution in [-0.4, -0.2) is 28.4 Å². The van der Waals surface area contributed by atoms with Crippen molar-refractivity contribution in [2.24, 2.45) is 0 Å². The van der Waals surface area contributed by atoms with Crippen LogP contribution in [0, 0.1) is 0 Å². The summed E-state index contributed by atoms with van der Waals surface area (Å²) >= 11 is 0. The lowest BCUT2D eigenvalue weighted by molar-refractivity contribution is 0.332. The highest BCUT2D eigenvalue weighted by atomic mass is 32.2. The molecule has 21 heavy (non-hydrogen) atoms. The van der Waals surface area contributed by atoms with Crippen LogP contribution in [0.3, 0.4) is 0 Å². The van der Waals surface area contributed by atoms with Gasteiger partial charge in [-0.15, -0.1) is 0 Å². The molecule has 0 bridgehead atoms. The van der Waals surface area contributed by atoms with Gasteiger partial charge in [0.05, 0.1) is 6.61 Å². The summed E-state index contributed by atoms with van der Waals surface area (Å²) < 4.78 is 18.1. The Hall–Kier alpha value is -0.870. The van der Waals surface area contributed by atoms with Crippen LogP contribution >= 0.6 is 0 Å². The minimum Gasteiger partial charge on any atom is -0.494 e. The molecule has 3 unspecified atom stereocenters. The topological polar surface area (TPSA) is 38.3 Å². The van der Waals surface area contributed by atoms with Crippen molar-refractivity contribution in [3.63, 3.8) is 0 Å². The Bertz CT molecular complexity index is 437. The van der Waals surface area contributed by atoms with Crippen LogP contribution in [0.2, 0.25) is 0 Å². The molecule has 1 rings (SSSR count). The van der Waals surface area contributed by atoms with Gasteiger partial charge in [-0.2, -0.15) is 0 Å². The summed E-state index contributed by atoms with van der Waals surface area (Å²) in [6.45, 7) is 9.84. The van der Waals surface area contributed by atoms with Crippen LogP contribution in [0.4, 0.5) is 0 Å². The zero-order valence-electron chi connectivity index (χ0n) is 13.7. The van der Waals surface area contributed by atoms with E-state index in [1.165, 1.54) is 0 Å². The van der Waals surface area contributed by atoms with Gasteiger partial charge in [0, 0.05) is 33.4 Å². The van der Waals surface area contributed by atoms with Crippen molar-refractivity contribution in [3.8, 4) is 5.75 Å². The van der Waals surface area contributed by atoms with Crippen LogP contribution in [0.5, 0.6) is 5.75 Å². The molecule has 0 aliphatic heterocycles. The molecule has 0 spiro atoms. The fourth-order valence-electron chi connectivity index (χ4n) is 2.15. The number of hydrogen-bond donors (Lipinski definition) is 1. The van der Waals surface area contributed by atoms with E-state index in [4.69, 9.17) is 4.74 Å². The van der Waals surface area contributed by atoms with Gasteiger partial charge in [-0.25, -0.2) is 0 Å². The highest BCUT2D eigenvalue weighted by Gasteiger charge is 2.20. The minimum absolute atomic E-state index is 0.0857. The monoisotopic (exact) mass is 311 g/mol. The molecule has 4 heteroatoms. The Labute approximate surface area is 131 Å². The SMILES string of the molecule is CCCNC(CS(=O)C(C)CC)c1ccccc1OCC. The van der Waals surface area contributed by atoms with Gasteiger partial charge in [0.25, 0.3) is 0 Å². The maximum atomic E-state index is 12.4. The van der Waals surface area contributed by atoms with E-state index in [1.54, 1.807) is 0 Å². The molecule has 0 aliphatic rings. The molecule has 1 aromatic rings. The molecule has 1 aromatic carbocycles. The number of hydrogen-bond acceptors (Lipinski definition) is 3. The summed E-state index contributed by atoms with van der Waals surface area (Å²) in [6, 6.07) is 8.15. The van der Waals surface area contributed by atoms with Crippen molar-refractivity contribution < 1.29 is 8.95 Å². The zero-order valence-corrected chi connectivity index (χ0v) is 14.5. The molecule has 0 saturated heterocycles. The quantitative estimate of drug-likeness (QED) is 0.716. The van der Waals surface area contributed by atoms with Gasteiger partial charge >= 0.3 is 0 Å². The van der Waals surface area contributed by atoms with Crippen molar-refractivity contribution in [1.29, 1.82) is 0 Å². The molecule has 0 aliphatic carbocycles. The molecule has 0 amide bonds. The number of ether oxygens (including phenoxy) is 1. The van der Waals surface area contributed by atoms with Gasteiger partial charge in [-0.1, -0.05) is 39.0 Å². The largest absolute Gasteiger partial charge is 0.494 e. The van der Waals surface area contributed by atoms with Crippen molar-refractivity contribution in [2.45, 2.75) is 51.8 Å². The molecule has 120 valence electrons. The Balaban J connectivity index is 2.93. The smallest absolute Gasteiger partial charge is 0.124 e. The third-order valence-corrected chi connectivity index (χ3v) is 5.48. The molecule has 3 atom stereocenters. The van der Waals surface area contributed by atoms with Crippen LogP contribution in [0.1, 0.15) is 52.1 Å². The summed E-state index contributed by atoms with van der Waals surface area (Å²) in [6.07, 6.45) is 2.00. The standard InChI is InChI=1S/C17H29NO2S/c1-5-12-18-16(13-21(19)14(4)6-2)15-10-8-9-11-17(15)20-7-3/h8-11,14,16,18H,5-7,12-13H2,1-4H3. The molecule has 3 nitrogen and oxygen atoms in total. The number of para-hydroxylation sites is 1. The Kier molecular flexibility index (Phi) is 8.62. The summed E-state index contributed by atoms with van der Waals surface area (Å²) in [7, 11) is -0.829. The normalized spacial score (nSPS) is 15.4. The Morgan fingerprint density at radius 1 is 1.24 bits per heavy atom. The van der Waals surface area contributed by atoms with Gasteiger partial charge in [-0.05, 0) is 32.4 Å². The van der Waals surface area contributed by atoms with E-state index in [2.05, 4.69) is 32.2 Å². The third-order valence-electron chi connectivity index (χ3n) is 3.59. The third kappa shape index (κ3) is 5.79. The lowest BCUT2D eigenvalue weighted by Gasteiger charge is -2.22. The minimum atomic E-state index is -0.829. The first-order chi connectivity index (χ1) is 10.1. The fraction of sp³-hybridized carbons (Fsp3) is 0.647. The fourth-order valence-corrected chi connectivity index (χ4v) is 3.47. The van der Waals surface area contributed by atoms with Gasteiger partial charge in [0.2, 0.25) is 0 Å². The van der Waals surface area contributed by atoms with Gasteiger partial charge in [0.1, 0.15) is 5.75 Å². The van der Waals surface area contributed by atoms with Crippen molar-refractivity contribution in [3.05, 3.63) is 29.8 Å². The van der Waals surface area contributed by atoms with E-state index in [0.717, 1.165) is 30.7 Å². The van der Waals surface area contributed by atoms with E-state index < -0.39 is 10.8 Å². The molecular weight excluding hydrogens is 282 g/mol. The zero-order chi connectivity index (χ0) is 15.7. The molecule has 0 aromatic heterocycles. The first kappa shape index (κ1) is 18.2.